The van der Waals surface area contributed by atoms with Crippen LogP contribution < -0.4 is 0 Å². The van der Waals surface area contributed by atoms with Gasteiger partial charge >= 0.3 is 0 Å². The first-order chi connectivity index (χ1) is 3.70. The van der Waals surface area contributed by atoms with Crippen molar-refractivity contribution in [3.05, 3.63) is 17.4 Å². The second-order valence-electron chi connectivity index (χ2n) is 3.42. The molecule has 0 heterocycles. The van der Waals surface area contributed by atoms with Crippen LogP contribution in [0, 0.1) is 11.3 Å². The molecule has 0 spiro atoms. The molecule has 0 aromatic rings. The summed E-state index contributed by atoms with van der Waals surface area (Å²) in [5, 5.41) is 0. The van der Waals surface area contributed by atoms with Gasteiger partial charge in [0.05, 0.1) is 0 Å². The predicted octanol–water partition coefficient (Wildman–Crippen LogP) is 2.13. The molecule has 0 N–H and O–H groups in total. The van der Waals surface area contributed by atoms with Gasteiger partial charge in [0.25, 0.3) is 0 Å². The standard InChI is InChI=1S/C8H10/c1-8(2)5-6-3-4-7(6)8/h3,6H,5H2,1-2H3. The Morgan fingerprint density at radius 3 is 2.50 bits per heavy atom. The Morgan fingerprint density at radius 1 is 1.75 bits per heavy atom. The fourth-order valence-corrected chi connectivity index (χ4v) is 1.67. The summed E-state index contributed by atoms with van der Waals surface area (Å²) in [5.74, 6) is 0.838. The summed E-state index contributed by atoms with van der Waals surface area (Å²) in [6.45, 7) is 4.58. The van der Waals surface area contributed by atoms with Gasteiger partial charge in [-0.2, -0.15) is 0 Å². The highest BCUT2D eigenvalue weighted by Gasteiger charge is 2.43. The van der Waals surface area contributed by atoms with Gasteiger partial charge in [-0.3, -0.25) is 0 Å². The van der Waals surface area contributed by atoms with Crippen LogP contribution in [-0.2, 0) is 0 Å². The van der Waals surface area contributed by atoms with Gasteiger partial charge in [-0.25, -0.2) is 0 Å². The van der Waals surface area contributed by atoms with Crippen LogP contribution in [0.1, 0.15) is 20.3 Å². The third-order valence-electron chi connectivity index (χ3n) is 2.27. The van der Waals surface area contributed by atoms with E-state index in [1.807, 2.05) is 0 Å². The first-order valence-corrected chi connectivity index (χ1v) is 3.17. The molecule has 0 radical (unpaired) electrons. The van der Waals surface area contributed by atoms with E-state index in [2.05, 4.69) is 25.7 Å². The highest BCUT2D eigenvalue weighted by Crippen LogP contribution is 2.53. The van der Waals surface area contributed by atoms with Crippen molar-refractivity contribution in [3.63, 3.8) is 0 Å². The molecule has 0 nitrogen and oxygen atoms in total. The van der Waals surface area contributed by atoms with Crippen LogP contribution in [0.15, 0.2) is 17.4 Å². The van der Waals surface area contributed by atoms with Crippen LogP contribution in [0.4, 0.5) is 0 Å². The van der Waals surface area contributed by atoms with E-state index in [0.717, 1.165) is 5.92 Å². The fourth-order valence-electron chi connectivity index (χ4n) is 1.67. The summed E-state index contributed by atoms with van der Waals surface area (Å²) in [4.78, 5) is 0. The number of fused-ring (bicyclic) bond motifs is 1. The van der Waals surface area contributed by atoms with Crippen molar-refractivity contribution in [2.75, 3.05) is 0 Å². The molecule has 8 heavy (non-hydrogen) atoms. The van der Waals surface area contributed by atoms with E-state index in [-0.39, 0.29) is 0 Å². The van der Waals surface area contributed by atoms with Crippen molar-refractivity contribution in [1.29, 1.82) is 0 Å². The zero-order chi connectivity index (χ0) is 5.78. The highest BCUT2D eigenvalue weighted by atomic mass is 14.5. The molecule has 2 rings (SSSR count). The number of rotatable bonds is 0. The normalized spacial score (nSPS) is 36.8. The SMILES string of the molecule is CC1(C)CC2C=C=C21. The summed E-state index contributed by atoms with van der Waals surface area (Å²) < 4.78 is 0. The third kappa shape index (κ3) is 0.296. The molecular formula is C8H10. The maximum Gasteiger partial charge on any atom is 0.0142 e. The molecule has 0 amide bonds. The first-order valence-electron chi connectivity index (χ1n) is 3.17. The smallest absolute Gasteiger partial charge is 0.0142 e. The number of hydrogen-bond acceptors (Lipinski definition) is 0. The molecule has 1 unspecified atom stereocenters. The molecule has 1 fully saturated rings. The highest BCUT2D eigenvalue weighted by molar-refractivity contribution is 5.36. The van der Waals surface area contributed by atoms with E-state index in [1.165, 1.54) is 6.42 Å². The van der Waals surface area contributed by atoms with Crippen LogP contribution in [0.25, 0.3) is 0 Å². The van der Waals surface area contributed by atoms with Crippen molar-refractivity contribution in [1.82, 2.24) is 0 Å². The molecule has 0 saturated heterocycles. The third-order valence-corrected chi connectivity index (χ3v) is 2.27. The molecule has 2 aliphatic carbocycles. The summed E-state index contributed by atoms with van der Waals surface area (Å²) in [5.41, 5.74) is 5.29. The Bertz CT molecular complexity index is 190. The van der Waals surface area contributed by atoms with E-state index >= 15 is 0 Å². The van der Waals surface area contributed by atoms with Gasteiger partial charge in [0.15, 0.2) is 0 Å². The Hall–Kier alpha value is -0.480. The van der Waals surface area contributed by atoms with Crippen LogP contribution >= 0.6 is 0 Å². The van der Waals surface area contributed by atoms with Gasteiger partial charge < -0.3 is 0 Å². The summed E-state index contributed by atoms with van der Waals surface area (Å²) in [6.07, 6.45) is 3.54. The minimum Gasteiger partial charge on any atom is -0.124 e. The average Bonchev–Trinajstić information content (AvgIpc) is 1.57. The summed E-state index contributed by atoms with van der Waals surface area (Å²) in [7, 11) is 0. The zero-order valence-corrected chi connectivity index (χ0v) is 5.36. The number of allylic oxidation sites excluding steroid dienone is 1. The minimum absolute atomic E-state index is 0.513. The maximum atomic E-state index is 3.23. The van der Waals surface area contributed by atoms with Gasteiger partial charge in [0.1, 0.15) is 0 Å². The topological polar surface area (TPSA) is 0 Å². The van der Waals surface area contributed by atoms with Crippen molar-refractivity contribution < 1.29 is 0 Å². The van der Waals surface area contributed by atoms with Crippen LogP contribution in [-0.4, -0.2) is 0 Å². The van der Waals surface area contributed by atoms with Crippen molar-refractivity contribution in [2.24, 2.45) is 11.3 Å². The molecule has 1 saturated carbocycles. The largest absolute Gasteiger partial charge is 0.124 e. The monoisotopic (exact) mass is 106 g/mol. The van der Waals surface area contributed by atoms with Crippen molar-refractivity contribution >= 4 is 0 Å². The van der Waals surface area contributed by atoms with Crippen LogP contribution in [0.3, 0.4) is 0 Å². The molecular weight excluding hydrogens is 96.1 g/mol. The molecule has 0 aliphatic heterocycles. The Kier molecular flexibility index (Phi) is 0.519. The maximum absolute atomic E-state index is 3.23. The van der Waals surface area contributed by atoms with Gasteiger partial charge in [-0.05, 0) is 23.5 Å². The van der Waals surface area contributed by atoms with E-state index in [9.17, 15) is 0 Å². The van der Waals surface area contributed by atoms with Gasteiger partial charge in [0.2, 0.25) is 0 Å². The lowest BCUT2D eigenvalue weighted by Gasteiger charge is -2.46. The van der Waals surface area contributed by atoms with Gasteiger partial charge in [0, 0.05) is 5.92 Å². The lowest BCUT2D eigenvalue weighted by molar-refractivity contribution is 0.236. The molecule has 0 heteroatoms. The second-order valence-corrected chi connectivity index (χ2v) is 3.42. The van der Waals surface area contributed by atoms with Crippen molar-refractivity contribution in [3.8, 4) is 0 Å². The lowest BCUT2D eigenvalue weighted by Crippen LogP contribution is -2.36. The predicted molar refractivity (Wildman–Crippen MR) is 33.5 cm³/mol. The van der Waals surface area contributed by atoms with E-state index in [1.54, 1.807) is 5.57 Å². The van der Waals surface area contributed by atoms with Crippen molar-refractivity contribution in [2.45, 2.75) is 20.3 Å². The average molecular weight is 106 g/mol. The molecule has 0 aromatic heterocycles. The summed E-state index contributed by atoms with van der Waals surface area (Å²) >= 11 is 0. The molecule has 0 aromatic carbocycles. The van der Waals surface area contributed by atoms with E-state index in [0.29, 0.717) is 5.41 Å². The van der Waals surface area contributed by atoms with Crippen LogP contribution in [0.5, 0.6) is 0 Å². The number of hydrogen-bond donors (Lipinski definition) is 0. The Balaban J connectivity index is 2.38. The van der Waals surface area contributed by atoms with Crippen LogP contribution in [0.2, 0.25) is 0 Å². The first kappa shape index (κ1) is 4.40. The quantitative estimate of drug-likeness (QED) is 0.415. The molecule has 42 valence electrons. The molecule has 2 aliphatic rings. The van der Waals surface area contributed by atoms with Gasteiger partial charge in [-0.15, -0.1) is 5.73 Å². The van der Waals surface area contributed by atoms with E-state index < -0.39 is 0 Å². The minimum atomic E-state index is 0.513. The van der Waals surface area contributed by atoms with E-state index in [4.69, 9.17) is 0 Å². The summed E-state index contributed by atoms with van der Waals surface area (Å²) in [6, 6.07) is 0. The Labute approximate surface area is 49.9 Å². The molecule has 0 bridgehead atoms. The second kappa shape index (κ2) is 0.942. The fraction of sp³-hybridized carbons (Fsp3) is 0.625. The lowest BCUT2D eigenvalue weighted by atomic mass is 9.57. The zero-order valence-electron chi connectivity index (χ0n) is 5.36. The Morgan fingerprint density at radius 2 is 2.50 bits per heavy atom. The molecule has 1 atom stereocenters. The van der Waals surface area contributed by atoms with Gasteiger partial charge in [-0.1, -0.05) is 13.8 Å².